The second-order valence-electron chi connectivity index (χ2n) is 1.92. The number of rotatable bonds is 5. The van der Waals surface area contributed by atoms with Gasteiger partial charge < -0.3 is 10.4 Å². The van der Waals surface area contributed by atoms with Crippen molar-refractivity contribution in [3.63, 3.8) is 0 Å². The monoisotopic (exact) mass is 131 g/mol. The molecular weight excluding hydrogens is 118 g/mol. The molecule has 0 radical (unpaired) electrons. The Morgan fingerprint density at radius 3 is 2.89 bits per heavy atom. The quantitative estimate of drug-likeness (QED) is 0.404. The normalized spacial score (nSPS) is 12.7. The van der Waals surface area contributed by atoms with Crippen molar-refractivity contribution in [2.24, 2.45) is 0 Å². The van der Waals surface area contributed by atoms with E-state index in [1.54, 1.807) is 0 Å². The molecule has 0 aliphatic rings. The average Bonchev–Trinajstić information content (AvgIpc) is 1.89. The molecule has 54 valence electrons. The van der Waals surface area contributed by atoms with Crippen LogP contribution in [-0.4, -0.2) is 24.2 Å². The van der Waals surface area contributed by atoms with Crippen LogP contribution in [-0.2, 0) is 4.79 Å². The van der Waals surface area contributed by atoms with Gasteiger partial charge in [0, 0.05) is 6.54 Å². The van der Waals surface area contributed by atoms with Gasteiger partial charge in [-0.1, -0.05) is 6.92 Å². The van der Waals surface area contributed by atoms with Gasteiger partial charge in [-0.25, -0.2) is 0 Å². The first-order valence-electron chi connectivity index (χ1n) is 3.16. The van der Waals surface area contributed by atoms with Gasteiger partial charge in [-0.05, 0) is 12.8 Å². The molecule has 1 amide bonds. The first-order valence-corrected chi connectivity index (χ1v) is 3.16. The Labute approximate surface area is 55.1 Å². The predicted octanol–water partition coefficient (Wildman–Crippen LogP) is -0.107. The molecule has 1 unspecified atom stereocenters. The van der Waals surface area contributed by atoms with Gasteiger partial charge in [0.2, 0.25) is 6.41 Å². The fourth-order valence-corrected chi connectivity index (χ4v) is 0.513. The highest BCUT2D eigenvalue weighted by Gasteiger charge is 1.97. The van der Waals surface area contributed by atoms with Gasteiger partial charge in [-0.2, -0.15) is 0 Å². The molecule has 0 aromatic carbocycles. The van der Waals surface area contributed by atoms with Crippen molar-refractivity contribution in [3.8, 4) is 0 Å². The minimum absolute atomic E-state index is 0.266. The molecule has 0 aliphatic carbocycles. The van der Waals surface area contributed by atoms with E-state index in [9.17, 15) is 4.79 Å². The zero-order chi connectivity index (χ0) is 7.11. The summed E-state index contributed by atoms with van der Waals surface area (Å²) in [6, 6.07) is 0. The molecule has 0 heterocycles. The first-order chi connectivity index (χ1) is 4.31. The van der Waals surface area contributed by atoms with Crippen molar-refractivity contribution in [1.29, 1.82) is 0 Å². The zero-order valence-electron chi connectivity index (χ0n) is 5.63. The lowest BCUT2D eigenvalue weighted by Gasteiger charge is -2.04. The summed E-state index contributed by atoms with van der Waals surface area (Å²) in [7, 11) is 0. The molecule has 0 spiro atoms. The summed E-state index contributed by atoms with van der Waals surface area (Å²) in [6.45, 7) is 2.48. The Morgan fingerprint density at radius 2 is 2.44 bits per heavy atom. The molecule has 0 rings (SSSR count). The van der Waals surface area contributed by atoms with Crippen LogP contribution in [0.5, 0.6) is 0 Å². The van der Waals surface area contributed by atoms with E-state index in [1.807, 2.05) is 6.92 Å². The van der Waals surface area contributed by atoms with Crippen molar-refractivity contribution in [1.82, 2.24) is 5.32 Å². The van der Waals surface area contributed by atoms with E-state index in [2.05, 4.69) is 5.32 Å². The third kappa shape index (κ3) is 5.30. The van der Waals surface area contributed by atoms with Gasteiger partial charge in [0.1, 0.15) is 0 Å². The van der Waals surface area contributed by atoms with Crippen LogP contribution < -0.4 is 5.32 Å². The predicted molar refractivity (Wildman–Crippen MR) is 35.0 cm³/mol. The molecule has 0 fully saturated rings. The lowest BCUT2D eigenvalue weighted by Crippen LogP contribution is -2.18. The van der Waals surface area contributed by atoms with Gasteiger partial charge >= 0.3 is 0 Å². The molecule has 3 heteroatoms. The number of hydrogen-bond acceptors (Lipinski definition) is 2. The summed E-state index contributed by atoms with van der Waals surface area (Å²) in [6.07, 6.45) is 1.77. The van der Waals surface area contributed by atoms with Crippen LogP contribution in [0.25, 0.3) is 0 Å². The summed E-state index contributed by atoms with van der Waals surface area (Å²) in [5.74, 6) is 0. The Kier molecular flexibility index (Phi) is 5.21. The number of hydrogen-bond donors (Lipinski definition) is 2. The molecule has 0 aromatic rings. The SMILES string of the molecule is CCC(O)CCNC=O. The molecule has 0 aromatic heterocycles. The number of carbonyl (C=O) groups excluding carboxylic acids is 1. The highest BCUT2D eigenvalue weighted by Crippen LogP contribution is 1.93. The van der Waals surface area contributed by atoms with Crippen LogP contribution in [0, 0.1) is 0 Å². The van der Waals surface area contributed by atoms with Crippen LogP contribution in [0.15, 0.2) is 0 Å². The fraction of sp³-hybridized carbons (Fsp3) is 0.833. The highest BCUT2D eigenvalue weighted by molar-refractivity contribution is 5.45. The number of amides is 1. The lowest BCUT2D eigenvalue weighted by atomic mass is 10.2. The van der Waals surface area contributed by atoms with Gasteiger partial charge in [-0.15, -0.1) is 0 Å². The van der Waals surface area contributed by atoms with Crippen LogP contribution in [0.1, 0.15) is 19.8 Å². The Morgan fingerprint density at radius 1 is 1.78 bits per heavy atom. The van der Waals surface area contributed by atoms with Gasteiger partial charge in [0.15, 0.2) is 0 Å². The summed E-state index contributed by atoms with van der Waals surface area (Å²) in [5, 5.41) is 11.4. The molecule has 0 aliphatic heterocycles. The van der Waals surface area contributed by atoms with Crippen LogP contribution in [0.2, 0.25) is 0 Å². The van der Waals surface area contributed by atoms with E-state index < -0.39 is 0 Å². The minimum Gasteiger partial charge on any atom is -0.393 e. The smallest absolute Gasteiger partial charge is 0.207 e. The van der Waals surface area contributed by atoms with Crippen molar-refractivity contribution >= 4 is 6.41 Å². The maximum atomic E-state index is 9.68. The number of nitrogens with one attached hydrogen (secondary N) is 1. The van der Waals surface area contributed by atoms with Gasteiger partial charge in [0.05, 0.1) is 6.10 Å². The third-order valence-corrected chi connectivity index (χ3v) is 1.18. The van der Waals surface area contributed by atoms with E-state index in [0.717, 1.165) is 6.42 Å². The molecule has 0 saturated heterocycles. The number of aliphatic hydroxyl groups is 1. The molecule has 1 atom stereocenters. The largest absolute Gasteiger partial charge is 0.393 e. The second kappa shape index (κ2) is 5.56. The Bertz CT molecular complexity index is 75.5. The van der Waals surface area contributed by atoms with Crippen molar-refractivity contribution in [3.05, 3.63) is 0 Å². The summed E-state index contributed by atoms with van der Waals surface area (Å²) < 4.78 is 0. The third-order valence-electron chi connectivity index (χ3n) is 1.18. The molecular formula is C6H13NO2. The van der Waals surface area contributed by atoms with E-state index in [-0.39, 0.29) is 6.10 Å². The van der Waals surface area contributed by atoms with Gasteiger partial charge in [0.25, 0.3) is 0 Å². The molecule has 2 N–H and O–H groups in total. The topological polar surface area (TPSA) is 49.3 Å². The molecule has 0 saturated carbocycles. The summed E-state index contributed by atoms with van der Waals surface area (Å²) in [5.41, 5.74) is 0. The van der Waals surface area contributed by atoms with Crippen molar-refractivity contribution in [2.75, 3.05) is 6.54 Å². The van der Waals surface area contributed by atoms with E-state index in [1.165, 1.54) is 0 Å². The molecule has 9 heavy (non-hydrogen) atoms. The van der Waals surface area contributed by atoms with Crippen LogP contribution in [0.4, 0.5) is 0 Å². The van der Waals surface area contributed by atoms with E-state index >= 15 is 0 Å². The molecule has 3 nitrogen and oxygen atoms in total. The van der Waals surface area contributed by atoms with Crippen molar-refractivity contribution < 1.29 is 9.90 Å². The van der Waals surface area contributed by atoms with Crippen LogP contribution >= 0.6 is 0 Å². The van der Waals surface area contributed by atoms with Crippen molar-refractivity contribution in [2.45, 2.75) is 25.9 Å². The Hall–Kier alpha value is -0.570. The highest BCUT2D eigenvalue weighted by atomic mass is 16.3. The Balaban J connectivity index is 2.96. The maximum absolute atomic E-state index is 9.68. The summed E-state index contributed by atoms with van der Waals surface area (Å²) >= 11 is 0. The molecule has 0 bridgehead atoms. The fourth-order valence-electron chi connectivity index (χ4n) is 0.513. The number of carbonyl (C=O) groups is 1. The maximum Gasteiger partial charge on any atom is 0.207 e. The summed E-state index contributed by atoms with van der Waals surface area (Å²) in [4.78, 5) is 9.68. The van der Waals surface area contributed by atoms with Gasteiger partial charge in [-0.3, -0.25) is 4.79 Å². The minimum atomic E-state index is -0.266. The average molecular weight is 131 g/mol. The number of aliphatic hydroxyl groups excluding tert-OH is 1. The van der Waals surface area contributed by atoms with E-state index in [0.29, 0.717) is 19.4 Å². The lowest BCUT2D eigenvalue weighted by molar-refractivity contribution is -0.109. The first kappa shape index (κ1) is 8.43. The van der Waals surface area contributed by atoms with E-state index in [4.69, 9.17) is 5.11 Å². The van der Waals surface area contributed by atoms with Crippen LogP contribution in [0.3, 0.4) is 0 Å². The zero-order valence-corrected chi connectivity index (χ0v) is 5.63. The second-order valence-corrected chi connectivity index (χ2v) is 1.92. The standard InChI is InChI=1S/C6H13NO2/c1-2-6(9)3-4-7-5-8/h5-6,9H,2-4H2,1H3,(H,7,8).